The summed E-state index contributed by atoms with van der Waals surface area (Å²) in [4.78, 5) is 2.38. The van der Waals surface area contributed by atoms with Gasteiger partial charge in [0.15, 0.2) is 0 Å². The number of hydrogen-bond acceptors (Lipinski definition) is 6. The van der Waals surface area contributed by atoms with Crippen molar-refractivity contribution in [2.75, 3.05) is 39.4 Å². The lowest BCUT2D eigenvalue weighted by Gasteiger charge is -2.12. The minimum absolute atomic E-state index is 0.0914. The van der Waals surface area contributed by atoms with Crippen molar-refractivity contribution in [1.82, 2.24) is 4.90 Å². The molecule has 0 unspecified atom stereocenters. The second-order valence-corrected chi connectivity index (χ2v) is 8.15. The first-order chi connectivity index (χ1) is 13.4. The van der Waals surface area contributed by atoms with E-state index in [2.05, 4.69) is 27.5 Å². The van der Waals surface area contributed by atoms with Crippen LogP contribution in [0.1, 0.15) is 85.0 Å². The molecule has 0 aliphatic carbocycles. The van der Waals surface area contributed by atoms with E-state index in [0.29, 0.717) is 0 Å². The molecule has 0 saturated carbocycles. The van der Waals surface area contributed by atoms with Crippen LogP contribution in [0.4, 0.5) is 0 Å². The molecule has 1 heterocycles. The highest BCUT2D eigenvalue weighted by Gasteiger charge is 2.28. The number of amidine groups is 1. The molecule has 1 aliphatic rings. The average molecular weight is 423 g/mol. The van der Waals surface area contributed by atoms with E-state index in [-0.39, 0.29) is 13.2 Å². The third-order valence-electron chi connectivity index (χ3n) is 4.89. The Kier molecular flexibility index (Phi) is 16.8. The quantitative estimate of drug-likeness (QED) is 0.189. The first-order valence-corrected chi connectivity index (χ1v) is 12.3. The van der Waals surface area contributed by atoms with Crippen LogP contribution in [0.5, 0.6) is 0 Å². The van der Waals surface area contributed by atoms with Gasteiger partial charge >= 0.3 is 0 Å². The lowest BCUT2D eigenvalue weighted by molar-refractivity contribution is -0.515. The van der Waals surface area contributed by atoms with E-state index in [0.717, 1.165) is 26.2 Å². The molecule has 0 fully saturated rings. The Morgan fingerprint density at radius 2 is 1.61 bits per heavy atom. The maximum absolute atomic E-state index is 9.45. The Bertz CT molecular complexity index is 509. The monoisotopic (exact) mass is 422 g/mol. The fourth-order valence-corrected chi connectivity index (χ4v) is 3.74. The molecule has 0 aromatic carbocycles. The zero-order chi connectivity index (χ0) is 21.3. The zero-order valence-electron chi connectivity index (χ0n) is 18.2. The van der Waals surface area contributed by atoms with Crippen LogP contribution in [0.3, 0.4) is 0 Å². The molecule has 7 nitrogen and oxygen atoms in total. The molecule has 0 saturated heterocycles. The van der Waals surface area contributed by atoms with Crippen molar-refractivity contribution in [2.45, 2.75) is 85.0 Å². The second kappa shape index (κ2) is 17.2. The molecule has 168 valence electrons. The molecule has 0 aromatic heterocycles. The molecular weight excluding hydrogens is 380 g/mol. The van der Waals surface area contributed by atoms with E-state index in [1.165, 1.54) is 77.0 Å². The third kappa shape index (κ3) is 14.3. The lowest BCUT2D eigenvalue weighted by Crippen LogP contribution is -2.32. The largest absolute Gasteiger partial charge is 0.726 e. The summed E-state index contributed by atoms with van der Waals surface area (Å²) in [6.07, 6.45) is 13.7. The minimum atomic E-state index is -4.42. The molecular formula is C20H42N2O5S. The summed E-state index contributed by atoms with van der Waals surface area (Å²) >= 11 is 0. The van der Waals surface area contributed by atoms with E-state index in [4.69, 9.17) is 5.11 Å². The molecule has 1 rings (SSSR count). The highest BCUT2D eigenvalue weighted by Crippen LogP contribution is 2.13. The summed E-state index contributed by atoms with van der Waals surface area (Å²) in [6.45, 7) is 10.3. The van der Waals surface area contributed by atoms with Gasteiger partial charge in [-0.15, -0.1) is 0 Å². The van der Waals surface area contributed by atoms with Crippen LogP contribution in [0.2, 0.25) is 0 Å². The van der Waals surface area contributed by atoms with Crippen molar-refractivity contribution < 1.29 is 26.8 Å². The predicted octanol–water partition coefficient (Wildman–Crippen LogP) is 3.13. The van der Waals surface area contributed by atoms with E-state index >= 15 is 0 Å². The van der Waals surface area contributed by atoms with Gasteiger partial charge in [-0.3, -0.25) is 13.7 Å². The lowest BCUT2D eigenvalue weighted by atomic mass is 10.1. The van der Waals surface area contributed by atoms with Crippen molar-refractivity contribution in [2.24, 2.45) is 0 Å². The van der Waals surface area contributed by atoms with Gasteiger partial charge in [0.05, 0.1) is 19.8 Å². The standard InChI is InChI=1S/C18H37N2O.C2H6O4S/c1-3-5-6-7-8-9-10-11-12-13-18-19(4-2)14-15-20(18)16-17-21;1-2-6-7(3,4)5/h21H,3-17H2,1-2H3;2H2,1H3,(H,3,4,5)/q+1;/p-1. The SMILES string of the molecule is CCCCCCCCCCCC1=[N+](CC)CCN1CCO.CCOS(=O)(=O)[O-]. The predicted molar refractivity (Wildman–Crippen MR) is 113 cm³/mol. The van der Waals surface area contributed by atoms with Crippen molar-refractivity contribution in [1.29, 1.82) is 0 Å². The first kappa shape index (κ1) is 27.3. The number of nitrogens with zero attached hydrogens (tertiary/aromatic N) is 2. The number of likely N-dealkylation sites (N-methyl/N-ethyl adjacent to an activating group) is 1. The summed E-state index contributed by atoms with van der Waals surface area (Å²) in [5.41, 5.74) is 0. The van der Waals surface area contributed by atoms with Gasteiger partial charge in [-0.1, -0.05) is 58.3 Å². The Balaban J connectivity index is 0.000000887. The zero-order valence-corrected chi connectivity index (χ0v) is 19.0. The highest BCUT2D eigenvalue weighted by atomic mass is 32.3. The number of aliphatic hydroxyl groups excluding tert-OH is 1. The summed E-state index contributed by atoms with van der Waals surface area (Å²) in [7, 11) is -4.42. The second-order valence-electron chi connectivity index (χ2n) is 7.10. The fourth-order valence-electron chi connectivity index (χ4n) is 3.46. The molecule has 0 radical (unpaired) electrons. The summed E-state index contributed by atoms with van der Waals surface area (Å²) < 4.78 is 34.5. The average Bonchev–Trinajstić information content (AvgIpc) is 3.02. The number of β-amino-alcohol motifs (C(OH)–C–C–N with tert-alkyl or cyclic N) is 1. The van der Waals surface area contributed by atoms with Gasteiger partial charge in [0.2, 0.25) is 16.2 Å². The fraction of sp³-hybridized carbons (Fsp3) is 0.950. The Morgan fingerprint density at radius 1 is 1.04 bits per heavy atom. The number of rotatable bonds is 15. The van der Waals surface area contributed by atoms with E-state index in [9.17, 15) is 13.0 Å². The molecule has 0 bridgehead atoms. The maximum Gasteiger partial charge on any atom is 0.247 e. The minimum Gasteiger partial charge on any atom is -0.726 e. The summed E-state index contributed by atoms with van der Waals surface area (Å²) in [5, 5.41) is 9.16. The van der Waals surface area contributed by atoms with Crippen molar-refractivity contribution >= 4 is 16.2 Å². The van der Waals surface area contributed by atoms with Gasteiger partial charge < -0.3 is 9.66 Å². The first-order valence-electron chi connectivity index (χ1n) is 11.0. The highest BCUT2D eigenvalue weighted by molar-refractivity contribution is 7.80. The number of aliphatic hydroxyl groups is 1. The maximum atomic E-state index is 9.45. The van der Waals surface area contributed by atoms with Gasteiger partial charge in [-0.05, 0) is 20.3 Å². The van der Waals surface area contributed by atoms with E-state index < -0.39 is 10.4 Å². The molecule has 0 amide bonds. The number of hydrogen-bond donors (Lipinski definition) is 1. The molecule has 0 spiro atoms. The number of unbranched alkanes of at least 4 members (excludes halogenated alkanes) is 8. The molecule has 1 aliphatic heterocycles. The molecule has 1 N–H and O–H groups in total. The van der Waals surface area contributed by atoms with Gasteiger partial charge in [-0.25, -0.2) is 8.42 Å². The van der Waals surface area contributed by atoms with Crippen LogP contribution in [-0.4, -0.2) is 72.8 Å². The molecule has 0 atom stereocenters. The Morgan fingerprint density at radius 3 is 2.04 bits per heavy atom. The van der Waals surface area contributed by atoms with Gasteiger partial charge in [0.1, 0.15) is 19.6 Å². The third-order valence-corrected chi connectivity index (χ3v) is 5.41. The molecule has 0 aromatic rings. The van der Waals surface area contributed by atoms with Crippen LogP contribution in [0, 0.1) is 0 Å². The summed E-state index contributed by atoms with van der Waals surface area (Å²) in [6, 6.07) is 0. The van der Waals surface area contributed by atoms with Crippen LogP contribution < -0.4 is 0 Å². The van der Waals surface area contributed by atoms with E-state index in [1.807, 2.05) is 0 Å². The van der Waals surface area contributed by atoms with Gasteiger partial charge in [0.25, 0.3) is 0 Å². The van der Waals surface area contributed by atoms with Crippen molar-refractivity contribution in [3.8, 4) is 0 Å². The van der Waals surface area contributed by atoms with Crippen molar-refractivity contribution in [3.05, 3.63) is 0 Å². The van der Waals surface area contributed by atoms with Crippen LogP contribution in [0.15, 0.2) is 0 Å². The van der Waals surface area contributed by atoms with E-state index in [1.54, 1.807) is 0 Å². The smallest absolute Gasteiger partial charge is 0.247 e. The van der Waals surface area contributed by atoms with Crippen molar-refractivity contribution in [3.63, 3.8) is 0 Å². The Labute approximate surface area is 172 Å². The molecule has 28 heavy (non-hydrogen) atoms. The summed E-state index contributed by atoms with van der Waals surface area (Å²) in [5.74, 6) is 1.48. The van der Waals surface area contributed by atoms with Crippen LogP contribution in [0.25, 0.3) is 0 Å². The normalized spacial score (nSPS) is 14.4. The Hall–Kier alpha value is -0.700. The van der Waals surface area contributed by atoms with Crippen LogP contribution >= 0.6 is 0 Å². The topological polar surface area (TPSA) is 92.9 Å². The molecule has 8 heteroatoms. The van der Waals surface area contributed by atoms with Gasteiger partial charge in [-0.2, -0.15) is 0 Å². The van der Waals surface area contributed by atoms with Gasteiger partial charge in [0, 0.05) is 6.42 Å². The van der Waals surface area contributed by atoms with Crippen LogP contribution in [-0.2, 0) is 14.6 Å².